The zero-order valence-corrected chi connectivity index (χ0v) is 36.4. The molecule has 3 saturated heterocycles. The maximum Gasteiger partial charge on any atom is 0.303 e. The van der Waals surface area contributed by atoms with Gasteiger partial charge in [0, 0.05) is 69.2 Å². The van der Waals surface area contributed by atoms with E-state index in [0.717, 1.165) is 69.2 Å². The number of hydrogen-bond donors (Lipinski definition) is 1. The van der Waals surface area contributed by atoms with Crippen LogP contribution in [0.3, 0.4) is 0 Å². The van der Waals surface area contributed by atoms with E-state index in [-0.39, 0.29) is 0 Å². The lowest BCUT2D eigenvalue weighted by Crippen LogP contribution is -2.67. The van der Waals surface area contributed by atoms with Crippen molar-refractivity contribution in [1.29, 1.82) is 0 Å². The van der Waals surface area contributed by atoms with E-state index >= 15 is 0 Å². The van der Waals surface area contributed by atoms with Crippen LogP contribution in [0.5, 0.6) is 0 Å². The molecule has 360 valence electrons. The van der Waals surface area contributed by atoms with Gasteiger partial charge in [-0.2, -0.15) is 0 Å². The molecule has 3 aliphatic heterocycles. The van der Waals surface area contributed by atoms with Crippen molar-refractivity contribution in [3.63, 3.8) is 0 Å². The largest absolute Gasteiger partial charge is 0.463 e. The van der Waals surface area contributed by atoms with Crippen LogP contribution in [0, 0.1) is 0 Å². The lowest BCUT2D eigenvalue weighted by atomic mass is 9.95. The average Bonchev–Trinajstić information content (AvgIpc) is 3.14. The summed E-state index contributed by atoms with van der Waals surface area (Å²) in [6.07, 6.45) is -26.3. The Kier molecular flexibility index (Phi) is 19.8. The Morgan fingerprint density at radius 1 is 0.344 bits per heavy atom. The number of hydrogen-bond acceptors (Lipinski definition) is 26. The molecule has 0 saturated carbocycles. The van der Waals surface area contributed by atoms with E-state index in [2.05, 4.69) is 0 Å². The molecule has 64 heavy (non-hydrogen) atoms. The van der Waals surface area contributed by atoms with E-state index in [1.807, 2.05) is 0 Å². The fourth-order valence-electron chi connectivity index (χ4n) is 6.80. The Hall–Kier alpha value is -5.54. The highest BCUT2D eigenvalue weighted by Crippen LogP contribution is 2.36. The first kappa shape index (κ1) is 52.8. The van der Waals surface area contributed by atoms with Crippen LogP contribution in [0.25, 0.3) is 0 Å². The minimum Gasteiger partial charge on any atom is -0.463 e. The highest BCUT2D eigenvalue weighted by atomic mass is 16.8. The summed E-state index contributed by atoms with van der Waals surface area (Å²) < 4.78 is 83.7. The van der Waals surface area contributed by atoms with Crippen molar-refractivity contribution in [2.45, 2.75) is 161 Å². The van der Waals surface area contributed by atoms with Gasteiger partial charge in [0.15, 0.2) is 67.7 Å². The minimum atomic E-state index is -2.02. The predicted octanol–water partition coefficient (Wildman–Crippen LogP) is -1.86. The molecule has 0 bridgehead atoms. The van der Waals surface area contributed by atoms with Gasteiger partial charge in [-0.25, -0.2) is 0 Å². The number of carbonyl (C=O) groups excluding carboxylic acids is 10. The second kappa shape index (κ2) is 23.9. The molecule has 0 aromatic heterocycles. The van der Waals surface area contributed by atoms with Gasteiger partial charge in [-0.3, -0.25) is 47.9 Å². The lowest BCUT2D eigenvalue weighted by Gasteiger charge is -2.49. The predicted molar refractivity (Wildman–Crippen MR) is 197 cm³/mol. The smallest absolute Gasteiger partial charge is 0.303 e. The monoisotopic (exact) mass is 924 g/mol. The Morgan fingerprint density at radius 3 is 1.05 bits per heavy atom. The van der Waals surface area contributed by atoms with E-state index in [1.165, 1.54) is 0 Å². The van der Waals surface area contributed by atoms with Gasteiger partial charge in [0.25, 0.3) is 0 Å². The molecule has 3 rings (SSSR count). The highest BCUT2D eigenvalue weighted by Gasteiger charge is 2.58. The van der Waals surface area contributed by atoms with Gasteiger partial charge in [0.2, 0.25) is 0 Å². The SMILES string of the molecule is CC(=O)OC[C@H]1O[C@@H](O[C@H]2[C@@H](OC(C)=O)[C@@H](OC(C)=O)[C@H](OC[C@H]3O[C@@H](O)[C@H](OC(C)=O)[C@@H](OC(C)=O)[C@H]3OC(C)=O)O[C@@H]2COC(C)=O)[C@H](OC(C)=O)[C@@H](OC(C)=O)[C@H]1OC(C)=O. The normalized spacial score (nSPS) is 32.3. The molecule has 15 atom stereocenters. The second-order valence-electron chi connectivity index (χ2n) is 14.3. The summed E-state index contributed by atoms with van der Waals surface area (Å²) >= 11 is 0. The number of carbonyl (C=O) groups is 10. The molecule has 0 amide bonds. The van der Waals surface area contributed by atoms with Crippen molar-refractivity contribution in [3.8, 4) is 0 Å². The van der Waals surface area contributed by atoms with E-state index in [1.54, 1.807) is 0 Å². The molecule has 0 aromatic rings. The molecule has 0 aromatic carbocycles. The van der Waals surface area contributed by atoms with Crippen LogP contribution in [0.15, 0.2) is 0 Å². The van der Waals surface area contributed by atoms with Gasteiger partial charge in [0.05, 0.1) is 6.61 Å². The first-order valence-electron chi connectivity index (χ1n) is 19.4. The summed E-state index contributed by atoms with van der Waals surface area (Å²) in [4.78, 5) is 123. The summed E-state index contributed by atoms with van der Waals surface area (Å²) in [6, 6.07) is 0. The number of esters is 10. The molecule has 0 radical (unpaired) electrons. The van der Waals surface area contributed by atoms with Gasteiger partial charge < -0.3 is 76.2 Å². The number of aliphatic hydroxyl groups is 1. The summed E-state index contributed by atoms with van der Waals surface area (Å²) in [5.41, 5.74) is 0. The Balaban J connectivity index is 2.16. The summed E-state index contributed by atoms with van der Waals surface area (Å²) in [7, 11) is 0. The summed E-state index contributed by atoms with van der Waals surface area (Å²) in [5, 5.41) is 10.9. The van der Waals surface area contributed by atoms with Gasteiger partial charge >= 0.3 is 59.7 Å². The standard InChI is InChI=1S/C38H52O26/c1-14(39)50-11-25-28(54-17(4)42)31(56-19(6)44)35(60-23(10)48)38(63-25)64-29-26(12-51-15(2)40)62-37(34(59-22(9)47)32(29)57-20(7)45)52-13-24-27(53-16(3)41)30(55-18(5)43)33(36(49)61-24)58-21(8)46/h24-38,49H,11-13H2,1-10H3/t24-,25-,26-,27+,28+,29-,30+,31+,32-,33-,34-,35-,36-,37-,38+/m1/s1. The molecular weight excluding hydrogens is 872 g/mol. The van der Waals surface area contributed by atoms with Crippen LogP contribution in [-0.2, 0) is 119 Å². The molecule has 0 unspecified atom stereocenters. The first-order valence-corrected chi connectivity index (χ1v) is 19.4. The van der Waals surface area contributed by atoms with Crippen molar-refractivity contribution in [2.75, 3.05) is 19.8 Å². The van der Waals surface area contributed by atoms with Crippen LogP contribution < -0.4 is 0 Å². The molecule has 1 N–H and O–H groups in total. The van der Waals surface area contributed by atoms with Crippen LogP contribution >= 0.6 is 0 Å². The van der Waals surface area contributed by atoms with Gasteiger partial charge in [0.1, 0.15) is 37.6 Å². The fraction of sp³-hybridized carbons (Fsp3) is 0.737. The number of ether oxygens (including phenoxy) is 15. The summed E-state index contributed by atoms with van der Waals surface area (Å²) in [5.74, 6) is -9.47. The summed E-state index contributed by atoms with van der Waals surface area (Å²) in [6.45, 7) is 7.71. The molecule has 26 heteroatoms. The number of rotatable bonds is 17. The molecular formula is C38H52O26. The van der Waals surface area contributed by atoms with E-state index in [9.17, 15) is 53.1 Å². The molecule has 0 aliphatic carbocycles. The highest BCUT2D eigenvalue weighted by molar-refractivity contribution is 5.70. The van der Waals surface area contributed by atoms with E-state index in [0.29, 0.717) is 0 Å². The van der Waals surface area contributed by atoms with Crippen LogP contribution in [0.4, 0.5) is 0 Å². The second-order valence-corrected chi connectivity index (χ2v) is 14.3. The van der Waals surface area contributed by atoms with Gasteiger partial charge in [-0.1, -0.05) is 0 Å². The van der Waals surface area contributed by atoms with Crippen molar-refractivity contribution >= 4 is 59.7 Å². The molecule has 3 heterocycles. The third-order valence-corrected chi connectivity index (χ3v) is 8.83. The molecule has 0 spiro atoms. The quantitative estimate of drug-likeness (QED) is 0.123. The number of aliphatic hydroxyl groups excluding tert-OH is 1. The minimum absolute atomic E-state index is 0.665. The first-order chi connectivity index (χ1) is 29.9. The molecule has 26 nitrogen and oxygen atoms in total. The van der Waals surface area contributed by atoms with E-state index in [4.69, 9.17) is 71.1 Å². The lowest BCUT2D eigenvalue weighted by molar-refractivity contribution is -0.365. The third kappa shape index (κ3) is 15.6. The maximum atomic E-state index is 12.8. The van der Waals surface area contributed by atoms with Crippen molar-refractivity contribution in [1.82, 2.24) is 0 Å². The zero-order chi connectivity index (χ0) is 48.2. The fourth-order valence-corrected chi connectivity index (χ4v) is 6.80. The Labute approximate surface area is 364 Å². The van der Waals surface area contributed by atoms with Crippen molar-refractivity contribution in [2.24, 2.45) is 0 Å². The molecule has 3 aliphatic rings. The van der Waals surface area contributed by atoms with Crippen LogP contribution in [0.1, 0.15) is 69.2 Å². The van der Waals surface area contributed by atoms with E-state index < -0.39 is 172 Å². The van der Waals surface area contributed by atoms with Crippen LogP contribution in [-0.4, -0.2) is 177 Å². The van der Waals surface area contributed by atoms with Crippen LogP contribution in [0.2, 0.25) is 0 Å². The topological polar surface area (TPSA) is 329 Å². The third-order valence-electron chi connectivity index (χ3n) is 8.83. The Bertz CT molecular complexity index is 1730. The van der Waals surface area contributed by atoms with Crippen molar-refractivity contribution < 1.29 is 124 Å². The van der Waals surface area contributed by atoms with Gasteiger partial charge in [-0.15, -0.1) is 0 Å². The average molecular weight is 925 g/mol. The zero-order valence-electron chi connectivity index (χ0n) is 36.4. The Morgan fingerprint density at radius 2 is 0.641 bits per heavy atom. The van der Waals surface area contributed by atoms with Gasteiger partial charge in [-0.05, 0) is 0 Å². The maximum absolute atomic E-state index is 12.8. The molecule has 3 fully saturated rings. The van der Waals surface area contributed by atoms with Crippen molar-refractivity contribution in [3.05, 3.63) is 0 Å².